The van der Waals surface area contributed by atoms with Crippen molar-refractivity contribution in [3.8, 4) is 0 Å². The van der Waals surface area contributed by atoms with E-state index < -0.39 is 0 Å². The lowest BCUT2D eigenvalue weighted by Gasteiger charge is -2.06. The topological polar surface area (TPSA) is 26.3 Å². The molecule has 0 aromatic heterocycles. The molecule has 0 N–H and O–H groups in total. The lowest BCUT2D eigenvalue weighted by atomic mass is 10.0. The van der Waals surface area contributed by atoms with Crippen molar-refractivity contribution in [3.05, 3.63) is 0 Å². The molecular weight excluding hydrogens is 705 g/mol. The number of unbranched alkanes of at least 4 members (excludes halogenated alkanes) is 49. The summed E-state index contributed by atoms with van der Waals surface area (Å²) in [5.41, 5.74) is 0. The van der Waals surface area contributed by atoms with Crippen LogP contribution in [0.25, 0.3) is 0 Å². The molecule has 0 aliphatic rings. The van der Waals surface area contributed by atoms with Crippen LogP contribution in [-0.4, -0.2) is 12.6 Å². The van der Waals surface area contributed by atoms with Crippen LogP contribution in [0.15, 0.2) is 0 Å². The van der Waals surface area contributed by atoms with E-state index in [2.05, 4.69) is 13.8 Å². The van der Waals surface area contributed by atoms with Crippen LogP contribution < -0.4 is 0 Å². The van der Waals surface area contributed by atoms with Gasteiger partial charge in [-0.25, -0.2) is 0 Å². The highest BCUT2D eigenvalue weighted by molar-refractivity contribution is 5.69. The first kappa shape index (κ1) is 57.5. The largest absolute Gasteiger partial charge is 0.466 e. The van der Waals surface area contributed by atoms with Crippen molar-refractivity contribution in [2.24, 2.45) is 0 Å². The van der Waals surface area contributed by atoms with Crippen LogP contribution in [0.3, 0.4) is 0 Å². The van der Waals surface area contributed by atoms with Crippen LogP contribution >= 0.6 is 0 Å². The third-order valence-electron chi connectivity index (χ3n) is 13.2. The highest BCUT2D eigenvalue weighted by Crippen LogP contribution is 2.18. The van der Waals surface area contributed by atoms with Gasteiger partial charge in [0.15, 0.2) is 0 Å². The number of ether oxygens (including phenoxy) is 1. The molecule has 0 saturated carbocycles. The molecule has 0 aliphatic heterocycles. The molecule has 0 amide bonds. The summed E-state index contributed by atoms with van der Waals surface area (Å²) >= 11 is 0. The molecule has 0 bridgehead atoms. The van der Waals surface area contributed by atoms with Crippen LogP contribution in [-0.2, 0) is 9.53 Å². The molecule has 2 heteroatoms. The Balaban J connectivity index is 3.14. The number of esters is 1. The fourth-order valence-electron chi connectivity index (χ4n) is 9.08. The summed E-state index contributed by atoms with van der Waals surface area (Å²) in [7, 11) is 0. The maximum absolute atomic E-state index is 12.1. The fraction of sp³-hybridized carbons (Fsp3) is 0.982. The first-order chi connectivity index (χ1) is 28.8. The Morgan fingerprint density at radius 3 is 0.569 bits per heavy atom. The van der Waals surface area contributed by atoms with Crippen LogP contribution in [0.4, 0.5) is 0 Å². The molecule has 0 aliphatic carbocycles. The van der Waals surface area contributed by atoms with Crippen molar-refractivity contribution >= 4 is 5.97 Å². The lowest BCUT2D eigenvalue weighted by molar-refractivity contribution is -0.143. The molecule has 0 atom stereocenters. The number of carbonyl (C=O) groups is 1. The molecular formula is C56H112O2. The Morgan fingerprint density at radius 1 is 0.224 bits per heavy atom. The minimum absolute atomic E-state index is 0.0354. The average molecular weight is 818 g/mol. The molecule has 0 rings (SSSR count). The molecule has 0 aromatic rings. The van der Waals surface area contributed by atoms with Gasteiger partial charge >= 0.3 is 5.97 Å². The predicted octanol–water partition coefficient (Wildman–Crippen LogP) is 20.9. The monoisotopic (exact) mass is 817 g/mol. The molecule has 0 saturated heterocycles. The summed E-state index contributed by atoms with van der Waals surface area (Å²) < 4.78 is 5.51. The van der Waals surface area contributed by atoms with Crippen molar-refractivity contribution in [2.45, 2.75) is 348 Å². The van der Waals surface area contributed by atoms with Gasteiger partial charge in [-0.15, -0.1) is 0 Å². The fourth-order valence-corrected chi connectivity index (χ4v) is 9.08. The first-order valence-electron chi connectivity index (χ1n) is 28.0. The molecule has 0 fully saturated rings. The van der Waals surface area contributed by atoms with Crippen molar-refractivity contribution < 1.29 is 9.53 Å². The standard InChI is InChI=1S/C56H112O2/c1-3-5-7-9-11-13-15-17-19-21-23-25-26-27-28-29-30-31-32-33-34-35-36-38-40-42-44-46-48-50-52-54-56(57)58-55-53-51-49-47-45-43-41-39-37-24-22-20-18-16-14-12-10-8-6-4-2/h3-55H2,1-2H3. The van der Waals surface area contributed by atoms with Crippen LogP contribution in [0.1, 0.15) is 348 Å². The van der Waals surface area contributed by atoms with Crippen molar-refractivity contribution in [2.75, 3.05) is 6.61 Å². The molecule has 2 nitrogen and oxygen atoms in total. The van der Waals surface area contributed by atoms with E-state index in [1.807, 2.05) is 0 Å². The number of hydrogen-bond donors (Lipinski definition) is 0. The highest BCUT2D eigenvalue weighted by Gasteiger charge is 2.03. The second-order valence-electron chi connectivity index (χ2n) is 19.3. The van der Waals surface area contributed by atoms with E-state index >= 15 is 0 Å². The molecule has 0 unspecified atom stereocenters. The molecule has 0 heterocycles. The first-order valence-corrected chi connectivity index (χ1v) is 28.0. The Hall–Kier alpha value is -0.530. The summed E-state index contributed by atoms with van der Waals surface area (Å²) in [6.45, 7) is 5.25. The molecule has 0 spiro atoms. The smallest absolute Gasteiger partial charge is 0.305 e. The summed E-state index contributed by atoms with van der Waals surface area (Å²) in [6.07, 6.45) is 72.8. The Labute approximate surface area is 368 Å². The maximum atomic E-state index is 12.1. The van der Waals surface area contributed by atoms with Gasteiger partial charge in [-0.3, -0.25) is 4.79 Å². The van der Waals surface area contributed by atoms with Crippen LogP contribution in [0, 0.1) is 0 Å². The van der Waals surface area contributed by atoms with E-state index in [1.165, 1.54) is 315 Å². The van der Waals surface area contributed by atoms with Gasteiger partial charge in [-0.2, -0.15) is 0 Å². The second-order valence-corrected chi connectivity index (χ2v) is 19.3. The van der Waals surface area contributed by atoms with Crippen molar-refractivity contribution in [1.29, 1.82) is 0 Å². The number of hydrogen-bond acceptors (Lipinski definition) is 2. The van der Waals surface area contributed by atoms with E-state index in [4.69, 9.17) is 4.74 Å². The molecule has 0 aromatic carbocycles. The Kier molecular flexibility index (Phi) is 54.0. The van der Waals surface area contributed by atoms with Gasteiger partial charge in [0, 0.05) is 6.42 Å². The summed E-state index contributed by atoms with van der Waals surface area (Å²) in [4.78, 5) is 12.1. The zero-order chi connectivity index (χ0) is 41.8. The van der Waals surface area contributed by atoms with E-state index in [9.17, 15) is 4.79 Å². The van der Waals surface area contributed by atoms with Crippen molar-refractivity contribution in [1.82, 2.24) is 0 Å². The highest BCUT2D eigenvalue weighted by atomic mass is 16.5. The Bertz CT molecular complexity index is 717. The SMILES string of the molecule is CCCCCCCCCCCCCCCCCCCCCCCCCCCCCCCCCC(=O)OCCCCCCCCCCCCCCCCCCCCCC. The third kappa shape index (κ3) is 53.5. The van der Waals surface area contributed by atoms with Crippen LogP contribution in [0.5, 0.6) is 0 Å². The second kappa shape index (κ2) is 54.5. The average Bonchev–Trinajstić information content (AvgIpc) is 3.23. The maximum Gasteiger partial charge on any atom is 0.305 e. The van der Waals surface area contributed by atoms with Gasteiger partial charge in [0.2, 0.25) is 0 Å². The number of rotatable bonds is 53. The zero-order valence-corrected chi connectivity index (χ0v) is 40.8. The summed E-state index contributed by atoms with van der Waals surface area (Å²) in [5.74, 6) is 0.0354. The normalized spacial score (nSPS) is 11.6. The van der Waals surface area contributed by atoms with E-state index in [1.54, 1.807) is 0 Å². The van der Waals surface area contributed by atoms with Gasteiger partial charge in [0.1, 0.15) is 0 Å². The van der Waals surface area contributed by atoms with E-state index in [-0.39, 0.29) is 5.97 Å². The minimum Gasteiger partial charge on any atom is -0.466 e. The van der Waals surface area contributed by atoms with Gasteiger partial charge in [0.05, 0.1) is 6.61 Å². The van der Waals surface area contributed by atoms with Crippen LogP contribution in [0.2, 0.25) is 0 Å². The summed E-state index contributed by atoms with van der Waals surface area (Å²) in [5, 5.41) is 0. The molecule has 348 valence electrons. The minimum atomic E-state index is 0.0354. The van der Waals surface area contributed by atoms with Gasteiger partial charge < -0.3 is 4.74 Å². The summed E-state index contributed by atoms with van der Waals surface area (Å²) in [6, 6.07) is 0. The lowest BCUT2D eigenvalue weighted by Crippen LogP contribution is -2.05. The van der Waals surface area contributed by atoms with Gasteiger partial charge in [-0.05, 0) is 12.8 Å². The van der Waals surface area contributed by atoms with E-state index in [0.717, 1.165) is 12.8 Å². The third-order valence-corrected chi connectivity index (χ3v) is 13.2. The predicted molar refractivity (Wildman–Crippen MR) is 262 cm³/mol. The van der Waals surface area contributed by atoms with E-state index in [0.29, 0.717) is 13.0 Å². The van der Waals surface area contributed by atoms with Crippen molar-refractivity contribution in [3.63, 3.8) is 0 Å². The number of carbonyl (C=O) groups excluding carboxylic acids is 1. The van der Waals surface area contributed by atoms with Gasteiger partial charge in [0.25, 0.3) is 0 Å². The van der Waals surface area contributed by atoms with Gasteiger partial charge in [-0.1, -0.05) is 328 Å². The Morgan fingerprint density at radius 2 is 0.379 bits per heavy atom. The molecule has 58 heavy (non-hydrogen) atoms. The zero-order valence-electron chi connectivity index (χ0n) is 40.8. The quantitative estimate of drug-likeness (QED) is 0.0451. The molecule has 0 radical (unpaired) electrons.